The molecule has 1 aromatic rings. The highest BCUT2D eigenvalue weighted by atomic mass is 16.6. The molecular weight excluding hydrogens is 256 g/mol. The topological polar surface area (TPSA) is 70.8 Å². The Balaban J connectivity index is 2.14. The number of nitro groups is 1. The average Bonchev–Trinajstić information content (AvgIpc) is 2.97. The van der Waals surface area contributed by atoms with Gasteiger partial charge < -0.3 is 10.2 Å². The molecule has 1 fully saturated rings. The molecule has 1 heterocycles. The number of nitrogens with zero attached hydrogens (tertiary/aromatic N) is 3. The van der Waals surface area contributed by atoms with Crippen LogP contribution in [0.1, 0.15) is 25.3 Å². The van der Waals surface area contributed by atoms with Crippen molar-refractivity contribution in [3.63, 3.8) is 0 Å². The lowest BCUT2D eigenvalue weighted by Crippen LogP contribution is -2.39. The third-order valence-corrected chi connectivity index (χ3v) is 3.33. The molecule has 2 rings (SSSR count). The van der Waals surface area contributed by atoms with E-state index in [2.05, 4.69) is 15.2 Å². The maximum Gasteiger partial charge on any atom is 0.274 e. The van der Waals surface area contributed by atoms with Gasteiger partial charge in [-0.2, -0.15) is 0 Å². The third kappa shape index (κ3) is 3.46. The van der Waals surface area contributed by atoms with Gasteiger partial charge in [0.15, 0.2) is 5.96 Å². The summed E-state index contributed by atoms with van der Waals surface area (Å²) in [6.07, 6.45) is 2.35. The van der Waals surface area contributed by atoms with Crippen LogP contribution in [0.4, 0.5) is 5.69 Å². The van der Waals surface area contributed by atoms with Gasteiger partial charge in [-0.05, 0) is 19.8 Å². The molecular formula is C14H20N4O2. The molecule has 0 unspecified atom stereocenters. The summed E-state index contributed by atoms with van der Waals surface area (Å²) in [5.41, 5.74) is 0.778. The molecule has 1 N–H and O–H groups in total. The molecule has 0 bridgehead atoms. The zero-order chi connectivity index (χ0) is 14.4. The largest absolute Gasteiger partial charge is 0.357 e. The van der Waals surface area contributed by atoms with Gasteiger partial charge >= 0.3 is 0 Å². The minimum Gasteiger partial charge on any atom is -0.357 e. The Hall–Kier alpha value is -2.11. The van der Waals surface area contributed by atoms with Crippen molar-refractivity contribution < 1.29 is 4.92 Å². The number of nitro benzene ring substituents is 1. The lowest BCUT2D eigenvalue weighted by molar-refractivity contribution is -0.385. The molecule has 6 heteroatoms. The summed E-state index contributed by atoms with van der Waals surface area (Å²) in [5.74, 6) is 0.850. The fourth-order valence-electron chi connectivity index (χ4n) is 2.34. The second kappa shape index (κ2) is 6.88. The fraction of sp³-hybridized carbons (Fsp3) is 0.500. The summed E-state index contributed by atoms with van der Waals surface area (Å²) in [4.78, 5) is 17.4. The van der Waals surface area contributed by atoms with Gasteiger partial charge in [0.25, 0.3) is 5.69 Å². The van der Waals surface area contributed by atoms with Crippen LogP contribution >= 0.6 is 0 Å². The first kappa shape index (κ1) is 14.3. The number of aliphatic imine (C=N–C) groups is 1. The minimum atomic E-state index is -0.354. The van der Waals surface area contributed by atoms with E-state index in [1.165, 1.54) is 18.9 Å². The van der Waals surface area contributed by atoms with Crippen LogP contribution in [0.3, 0.4) is 0 Å². The van der Waals surface area contributed by atoms with Crippen molar-refractivity contribution >= 4 is 11.6 Å². The first-order valence-corrected chi connectivity index (χ1v) is 6.98. The summed E-state index contributed by atoms with van der Waals surface area (Å²) in [6.45, 7) is 5.16. The molecule has 0 aliphatic carbocycles. The number of rotatable bonds is 4. The summed E-state index contributed by atoms with van der Waals surface area (Å²) in [7, 11) is 0. The second-order valence-corrected chi connectivity index (χ2v) is 4.75. The van der Waals surface area contributed by atoms with E-state index in [0.717, 1.165) is 25.6 Å². The molecule has 20 heavy (non-hydrogen) atoms. The molecule has 6 nitrogen and oxygen atoms in total. The smallest absolute Gasteiger partial charge is 0.274 e. The van der Waals surface area contributed by atoms with Gasteiger partial charge in [-0.25, -0.2) is 4.99 Å². The van der Waals surface area contributed by atoms with Gasteiger partial charge in [-0.15, -0.1) is 0 Å². The molecule has 0 spiro atoms. The standard InChI is InChI=1S/C14H20N4O2/c1-2-15-14(17-9-5-6-10-17)16-11-12-7-3-4-8-13(12)18(19)20/h3-4,7-8H,2,5-6,9-11H2,1H3,(H,15,16). The van der Waals surface area contributed by atoms with Gasteiger partial charge in [0.05, 0.1) is 17.0 Å². The number of benzene rings is 1. The number of hydrogen-bond acceptors (Lipinski definition) is 3. The van der Waals surface area contributed by atoms with Gasteiger partial charge in [-0.1, -0.05) is 18.2 Å². The SMILES string of the molecule is CCNC(=NCc1ccccc1[N+](=O)[O-])N1CCCC1. The van der Waals surface area contributed by atoms with E-state index in [-0.39, 0.29) is 10.6 Å². The number of guanidine groups is 1. The predicted octanol–water partition coefficient (Wildman–Crippen LogP) is 2.16. The Labute approximate surface area is 118 Å². The van der Waals surface area contributed by atoms with E-state index in [1.54, 1.807) is 18.2 Å². The normalized spacial score (nSPS) is 15.4. The van der Waals surface area contributed by atoms with Gasteiger partial charge in [0.1, 0.15) is 0 Å². The van der Waals surface area contributed by atoms with Crippen molar-refractivity contribution in [1.29, 1.82) is 0 Å². The van der Waals surface area contributed by atoms with E-state index in [9.17, 15) is 10.1 Å². The molecule has 0 radical (unpaired) electrons. The van der Waals surface area contributed by atoms with Crippen molar-refractivity contribution in [2.75, 3.05) is 19.6 Å². The molecule has 1 aliphatic heterocycles. The Morgan fingerprint density at radius 2 is 2.10 bits per heavy atom. The van der Waals surface area contributed by atoms with Crippen LogP contribution in [-0.4, -0.2) is 35.4 Å². The molecule has 108 valence electrons. The van der Waals surface area contributed by atoms with Gasteiger partial charge in [0.2, 0.25) is 0 Å². The second-order valence-electron chi connectivity index (χ2n) is 4.75. The van der Waals surface area contributed by atoms with Crippen LogP contribution in [0.5, 0.6) is 0 Å². The van der Waals surface area contributed by atoms with Crippen LogP contribution in [0.25, 0.3) is 0 Å². The van der Waals surface area contributed by atoms with E-state index < -0.39 is 0 Å². The molecule has 1 aromatic carbocycles. The highest BCUT2D eigenvalue weighted by Gasteiger charge is 2.16. The number of likely N-dealkylation sites (tertiary alicyclic amines) is 1. The summed E-state index contributed by atoms with van der Waals surface area (Å²) >= 11 is 0. The summed E-state index contributed by atoms with van der Waals surface area (Å²) < 4.78 is 0. The lowest BCUT2D eigenvalue weighted by atomic mass is 10.2. The minimum absolute atomic E-state index is 0.133. The van der Waals surface area contributed by atoms with Crippen LogP contribution in [-0.2, 0) is 6.54 Å². The fourth-order valence-corrected chi connectivity index (χ4v) is 2.34. The van der Waals surface area contributed by atoms with Crippen LogP contribution in [0.2, 0.25) is 0 Å². The van der Waals surface area contributed by atoms with Crippen molar-refractivity contribution in [2.24, 2.45) is 4.99 Å². The number of nitrogens with one attached hydrogen (secondary N) is 1. The maximum atomic E-state index is 11.0. The van der Waals surface area contributed by atoms with Crippen molar-refractivity contribution in [2.45, 2.75) is 26.3 Å². The monoisotopic (exact) mass is 276 g/mol. The lowest BCUT2D eigenvalue weighted by Gasteiger charge is -2.20. The molecule has 0 amide bonds. The van der Waals surface area contributed by atoms with Gasteiger partial charge in [-0.3, -0.25) is 10.1 Å². The highest BCUT2D eigenvalue weighted by Crippen LogP contribution is 2.18. The first-order chi connectivity index (χ1) is 9.72. The summed E-state index contributed by atoms with van der Waals surface area (Å²) in [6, 6.07) is 6.76. The zero-order valence-corrected chi connectivity index (χ0v) is 11.7. The molecule has 0 saturated carbocycles. The van der Waals surface area contributed by atoms with E-state index in [0.29, 0.717) is 12.1 Å². The summed E-state index contributed by atoms with van der Waals surface area (Å²) in [5, 5.41) is 14.2. The van der Waals surface area contributed by atoms with Crippen LogP contribution in [0, 0.1) is 10.1 Å². The van der Waals surface area contributed by atoms with E-state index in [4.69, 9.17) is 0 Å². The third-order valence-electron chi connectivity index (χ3n) is 3.33. The van der Waals surface area contributed by atoms with Crippen LogP contribution in [0.15, 0.2) is 29.3 Å². The zero-order valence-electron chi connectivity index (χ0n) is 11.7. The number of para-hydroxylation sites is 1. The van der Waals surface area contributed by atoms with Crippen molar-refractivity contribution in [3.8, 4) is 0 Å². The molecule has 0 aromatic heterocycles. The Morgan fingerprint density at radius 3 is 2.75 bits per heavy atom. The first-order valence-electron chi connectivity index (χ1n) is 6.98. The van der Waals surface area contributed by atoms with E-state index in [1.807, 2.05) is 6.92 Å². The Morgan fingerprint density at radius 1 is 1.40 bits per heavy atom. The Bertz CT molecular complexity index is 496. The molecule has 1 aliphatic rings. The highest BCUT2D eigenvalue weighted by molar-refractivity contribution is 5.80. The predicted molar refractivity (Wildman–Crippen MR) is 78.7 cm³/mol. The van der Waals surface area contributed by atoms with Crippen molar-refractivity contribution in [1.82, 2.24) is 10.2 Å². The number of hydrogen-bond donors (Lipinski definition) is 1. The van der Waals surface area contributed by atoms with Crippen molar-refractivity contribution in [3.05, 3.63) is 39.9 Å². The average molecular weight is 276 g/mol. The van der Waals surface area contributed by atoms with E-state index >= 15 is 0 Å². The Kier molecular flexibility index (Phi) is 4.92. The molecule has 0 atom stereocenters. The molecule has 1 saturated heterocycles. The maximum absolute atomic E-state index is 11.0. The van der Waals surface area contributed by atoms with Crippen LogP contribution < -0.4 is 5.32 Å². The quantitative estimate of drug-likeness (QED) is 0.396. The van der Waals surface area contributed by atoms with Gasteiger partial charge in [0, 0.05) is 25.7 Å².